The van der Waals surface area contributed by atoms with E-state index in [2.05, 4.69) is 34.1 Å². The van der Waals surface area contributed by atoms with Crippen LogP contribution >= 0.6 is 0 Å². The number of nitrogens with zero attached hydrogens (tertiary/aromatic N) is 2. The summed E-state index contributed by atoms with van der Waals surface area (Å²) in [6.45, 7) is 0. The zero-order valence-electron chi connectivity index (χ0n) is 12.9. The van der Waals surface area contributed by atoms with Gasteiger partial charge in [0, 0.05) is 11.6 Å². The minimum Gasteiger partial charge on any atom is -0.453 e. The molecular weight excluding hydrogens is 296 g/mol. The topological polar surface area (TPSA) is 25.4 Å². The average molecular weight is 310 g/mol. The van der Waals surface area contributed by atoms with Crippen LogP contribution in [0.5, 0.6) is 11.5 Å². The molecule has 2 heterocycles. The highest BCUT2D eigenvalue weighted by atomic mass is 16.5. The fraction of sp³-hybridized carbons (Fsp3) is 0. The van der Waals surface area contributed by atoms with E-state index in [0.717, 1.165) is 39.5 Å². The van der Waals surface area contributed by atoms with E-state index in [0.29, 0.717) is 0 Å². The van der Waals surface area contributed by atoms with Crippen LogP contribution in [-0.2, 0) is 0 Å². The maximum absolute atomic E-state index is 6.08. The number of ether oxygens (including phenoxy) is 1. The van der Waals surface area contributed by atoms with Crippen molar-refractivity contribution >= 4 is 28.0 Å². The molecule has 1 aromatic heterocycles. The second-order valence-electron chi connectivity index (χ2n) is 5.72. The molecule has 0 fully saturated rings. The van der Waals surface area contributed by atoms with Gasteiger partial charge in [-0.05, 0) is 36.4 Å². The summed E-state index contributed by atoms with van der Waals surface area (Å²) in [6.07, 6.45) is 1.86. The van der Waals surface area contributed by atoms with Crippen molar-refractivity contribution in [1.29, 1.82) is 0 Å². The Morgan fingerprint density at radius 2 is 1.25 bits per heavy atom. The normalized spacial score (nSPS) is 12.4. The molecule has 0 spiro atoms. The first-order chi connectivity index (χ1) is 11.9. The molecule has 3 aromatic carbocycles. The summed E-state index contributed by atoms with van der Waals surface area (Å²) in [5.41, 5.74) is 4.15. The van der Waals surface area contributed by atoms with Crippen molar-refractivity contribution in [1.82, 2.24) is 4.98 Å². The van der Waals surface area contributed by atoms with E-state index in [4.69, 9.17) is 4.74 Å². The van der Waals surface area contributed by atoms with Gasteiger partial charge in [-0.3, -0.25) is 4.98 Å². The Morgan fingerprint density at radius 3 is 2.00 bits per heavy atom. The molecule has 0 saturated heterocycles. The number of aromatic nitrogens is 1. The molecule has 1 aliphatic heterocycles. The van der Waals surface area contributed by atoms with Gasteiger partial charge in [0.15, 0.2) is 11.5 Å². The minimum atomic E-state index is 0.858. The van der Waals surface area contributed by atoms with Gasteiger partial charge in [-0.15, -0.1) is 0 Å². The third kappa shape index (κ3) is 1.88. The summed E-state index contributed by atoms with van der Waals surface area (Å²) in [6, 6.07) is 26.5. The second kappa shape index (κ2) is 5.10. The third-order valence-electron chi connectivity index (χ3n) is 4.30. The zero-order valence-corrected chi connectivity index (χ0v) is 12.9. The molecule has 3 nitrogen and oxygen atoms in total. The number of hydrogen-bond donors (Lipinski definition) is 0. The molecule has 114 valence electrons. The van der Waals surface area contributed by atoms with Crippen molar-refractivity contribution in [2.45, 2.75) is 0 Å². The SMILES string of the molecule is c1ccc2c(c1)Oc1ccccc1N2c1ccnc2ccccc12. The Bertz CT molecular complexity index is 1010. The standard InChI is InChI=1S/C21H14N2O/c1-2-8-16-15(7-1)17(13-14-22-16)23-18-9-3-5-11-20(18)24-21-12-6-4-10-19(21)23/h1-14H. The number of rotatable bonds is 1. The van der Waals surface area contributed by atoms with E-state index < -0.39 is 0 Å². The van der Waals surface area contributed by atoms with Gasteiger partial charge in [0.05, 0.1) is 22.6 Å². The van der Waals surface area contributed by atoms with Gasteiger partial charge >= 0.3 is 0 Å². The summed E-state index contributed by atoms with van der Waals surface area (Å²) >= 11 is 0. The van der Waals surface area contributed by atoms with E-state index in [9.17, 15) is 0 Å². The molecule has 0 saturated carbocycles. The second-order valence-corrected chi connectivity index (χ2v) is 5.72. The van der Waals surface area contributed by atoms with Crippen molar-refractivity contribution in [3.05, 3.63) is 85.1 Å². The first kappa shape index (κ1) is 13.1. The lowest BCUT2D eigenvalue weighted by atomic mass is 10.1. The van der Waals surface area contributed by atoms with Crippen LogP contribution in [0.4, 0.5) is 17.1 Å². The van der Waals surface area contributed by atoms with E-state index in [1.165, 1.54) is 0 Å². The quantitative estimate of drug-likeness (QED) is 0.390. The molecule has 24 heavy (non-hydrogen) atoms. The smallest absolute Gasteiger partial charge is 0.151 e. The van der Waals surface area contributed by atoms with Crippen molar-refractivity contribution in [2.75, 3.05) is 4.90 Å². The molecule has 5 rings (SSSR count). The van der Waals surface area contributed by atoms with Crippen molar-refractivity contribution in [3.63, 3.8) is 0 Å². The van der Waals surface area contributed by atoms with Crippen LogP contribution in [0, 0.1) is 0 Å². The Balaban J connectivity index is 1.84. The highest BCUT2D eigenvalue weighted by Crippen LogP contribution is 2.51. The Kier molecular flexibility index (Phi) is 2.79. The van der Waals surface area contributed by atoms with Crippen molar-refractivity contribution < 1.29 is 4.74 Å². The number of benzene rings is 3. The van der Waals surface area contributed by atoms with E-state index in [1.54, 1.807) is 0 Å². The lowest BCUT2D eigenvalue weighted by Gasteiger charge is -2.33. The Labute approximate surface area is 139 Å². The summed E-state index contributed by atoms with van der Waals surface area (Å²) in [5, 5.41) is 1.12. The van der Waals surface area contributed by atoms with Crippen LogP contribution in [0.2, 0.25) is 0 Å². The summed E-state index contributed by atoms with van der Waals surface area (Å²) in [7, 11) is 0. The van der Waals surface area contributed by atoms with Gasteiger partial charge in [0.25, 0.3) is 0 Å². The van der Waals surface area contributed by atoms with Gasteiger partial charge in [-0.1, -0.05) is 42.5 Å². The minimum absolute atomic E-state index is 0.858. The fourth-order valence-electron chi connectivity index (χ4n) is 3.24. The average Bonchev–Trinajstić information content (AvgIpc) is 2.66. The third-order valence-corrected chi connectivity index (χ3v) is 4.30. The largest absolute Gasteiger partial charge is 0.453 e. The molecule has 0 atom stereocenters. The van der Waals surface area contributed by atoms with Crippen LogP contribution in [0.25, 0.3) is 10.9 Å². The fourth-order valence-corrected chi connectivity index (χ4v) is 3.24. The maximum Gasteiger partial charge on any atom is 0.151 e. The first-order valence-electron chi connectivity index (χ1n) is 7.91. The number of para-hydroxylation sites is 5. The molecule has 3 heteroatoms. The number of hydrogen-bond acceptors (Lipinski definition) is 3. The molecule has 0 bridgehead atoms. The van der Waals surface area contributed by atoms with Crippen LogP contribution in [-0.4, -0.2) is 4.98 Å². The summed E-state index contributed by atoms with van der Waals surface area (Å²) in [5.74, 6) is 1.72. The monoisotopic (exact) mass is 310 g/mol. The first-order valence-corrected chi connectivity index (χ1v) is 7.91. The van der Waals surface area contributed by atoms with Crippen LogP contribution in [0.15, 0.2) is 85.1 Å². The van der Waals surface area contributed by atoms with E-state index in [1.807, 2.05) is 60.8 Å². The Morgan fingerprint density at radius 1 is 0.625 bits per heavy atom. The van der Waals surface area contributed by atoms with Crippen LogP contribution in [0.3, 0.4) is 0 Å². The molecule has 0 N–H and O–H groups in total. The van der Waals surface area contributed by atoms with Crippen LogP contribution in [0.1, 0.15) is 0 Å². The number of pyridine rings is 1. The van der Waals surface area contributed by atoms with Gasteiger partial charge in [0.1, 0.15) is 0 Å². The van der Waals surface area contributed by atoms with Gasteiger partial charge in [0.2, 0.25) is 0 Å². The molecule has 1 aliphatic rings. The lowest BCUT2D eigenvalue weighted by Crippen LogP contribution is -2.16. The predicted octanol–water partition coefficient (Wildman–Crippen LogP) is 5.81. The van der Waals surface area contributed by atoms with E-state index in [-0.39, 0.29) is 0 Å². The molecule has 0 unspecified atom stereocenters. The van der Waals surface area contributed by atoms with E-state index >= 15 is 0 Å². The Hall–Kier alpha value is -3.33. The lowest BCUT2D eigenvalue weighted by molar-refractivity contribution is 0.477. The molecule has 0 radical (unpaired) electrons. The molecule has 4 aromatic rings. The summed E-state index contributed by atoms with van der Waals surface area (Å²) < 4.78 is 6.08. The predicted molar refractivity (Wildman–Crippen MR) is 96.5 cm³/mol. The van der Waals surface area contributed by atoms with Crippen LogP contribution < -0.4 is 9.64 Å². The zero-order chi connectivity index (χ0) is 15.9. The van der Waals surface area contributed by atoms with Crippen molar-refractivity contribution in [2.24, 2.45) is 0 Å². The summed E-state index contributed by atoms with van der Waals surface area (Å²) in [4.78, 5) is 6.74. The van der Waals surface area contributed by atoms with Gasteiger partial charge in [-0.25, -0.2) is 0 Å². The molecular formula is C21H14N2O. The number of fused-ring (bicyclic) bond motifs is 3. The maximum atomic E-state index is 6.08. The van der Waals surface area contributed by atoms with Gasteiger partial charge < -0.3 is 9.64 Å². The number of anilines is 3. The van der Waals surface area contributed by atoms with Crippen molar-refractivity contribution in [3.8, 4) is 11.5 Å². The highest BCUT2D eigenvalue weighted by Gasteiger charge is 2.26. The molecule has 0 amide bonds. The highest BCUT2D eigenvalue weighted by molar-refractivity contribution is 5.99. The molecule has 0 aliphatic carbocycles. The van der Waals surface area contributed by atoms with Gasteiger partial charge in [-0.2, -0.15) is 0 Å².